The molecule has 18 heavy (non-hydrogen) atoms. The Morgan fingerprint density at radius 3 is 2.94 bits per heavy atom. The minimum Gasteiger partial charge on any atom is -0.508 e. The Morgan fingerprint density at radius 1 is 1.61 bits per heavy atom. The van der Waals surface area contributed by atoms with Crippen LogP contribution in [0.25, 0.3) is 0 Å². The number of carbonyl (C=O) groups excluding carboxylic acids is 1. The summed E-state index contributed by atoms with van der Waals surface area (Å²) in [5.41, 5.74) is 0.877. The highest BCUT2D eigenvalue weighted by Crippen LogP contribution is 2.13. The Kier molecular flexibility index (Phi) is 5.39. The van der Waals surface area contributed by atoms with E-state index in [-0.39, 0.29) is 11.7 Å². The van der Waals surface area contributed by atoms with E-state index in [2.05, 4.69) is 6.58 Å². The van der Waals surface area contributed by atoms with Gasteiger partial charge in [-0.15, -0.1) is 6.58 Å². The Bertz CT molecular complexity index is 417. The van der Waals surface area contributed by atoms with Crippen LogP contribution in [0.3, 0.4) is 0 Å². The van der Waals surface area contributed by atoms with Gasteiger partial charge in [0.05, 0.1) is 6.61 Å². The Morgan fingerprint density at radius 2 is 2.33 bits per heavy atom. The lowest BCUT2D eigenvalue weighted by Crippen LogP contribution is -2.35. The van der Waals surface area contributed by atoms with E-state index in [9.17, 15) is 9.90 Å². The Balaban J connectivity index is 2.56. The highest BCUT2D eigenvalue weighted by atomic mass is 16.5. The van der Waals surface area contributed by atoms with Gasteiger partial charge in [0.25, 0.3) is 5.91 Å². The van der Waals surface area contributed by atoms with Crippen LogP contribution in [0, 0.1) is 0 Å². The van der Waals surface area contributed by atoms with E-state index < -0.39 is 6.10 Å². The zero-order valence-electron chi connectivity index (χ0n) is 10.8. The lowest BCUT2D eigenvalue weighted by Gasteiger charge is -2.21. The molecule has 1 atom stereocenters. The van der Waals surface area contributed by atoms with E-state index in [0.717, 1.165) is 5.56 Å². The predicted molar refractivity (Wildman–Crippen MR) is 70.2 cm³/mol. The van der Waals surface area contributed by atoms with Crippen LogP contribution in [0.15, 0.2) is 36.9 Å². The fourth-order valence-corrected chi connectivity index (χ4v) is 1.60. The maximum atomic E-state index is 11.9. The smallest absolute Gasteiger partial charge is 0.251 e. The average molecular weight is 249 g/mol. The summed E-state index contributed by atoms with van der Waals surface area (Å²) in [4.78, 5) is 13.5. The molecule has 0 aliphatic heterocycles. The molecular formula is C14H19NO3. The SMILES string of the molecule is C=CCOC(C)C(=O)N(C)Cc1cccc(O)c1. The Labute approximate surface area is 107 Å². The van der Waals surface area contributed by atoms with Crippen LogP contribution in [0.4, 0.5) is 0 Å². The van der Waals surface area contributed by atoms with Crippen LogP contribution >= 0.6 is 0 Å². The minimum atomic E-state index is -0.495. The first-order valence-corrected chi connectivity index (χ1v) is 5.80. The molecule has 0 spiro atoms. The van der Waals surface area contributed by atoms with Crippen LogP contribution in [0.5, 0.6) is 5.75 Å². The van der Waals surface area contributed by atoms with Crippen LogP contribution < -0.4 is 0 Å². The molecule has 1 unspecified atom stereocenters. The second-order valence-corrected chi connectivity index (χ2v) is 4.13. The number of phenolic OH excluding ortho intramolecular Hbond substituents is 1. The predicted octanol–water partition coefficient (Wildman–Crippen LogP) is 1.94. The number of rotatable bonds is 6. The third-order valence-corrected chi connectivity index (χ3v) is 2.52. The molecule has 0 bridgehead atoms. The highest BCUT2D eigenvalue weighted by Gasteiger charge is 2.17. The zero-order valence-corrected chi connectivity index (χ0v) is 10.8. The van der Waals surface area contributed by atoms with Crippen molar-refractivity contribution in [3.05, 3.63) is 42.5 Å². The number of amides is 1. The second-order valence-electron chi connectivity index (χ2n) is 4.13. The zero-order chi connectivity index (χ0) is 13.5. The maximum Gasteiger partial charge on any atom is 0.251 e. The molecule has 0 aromatic heterocycles. The summed E-state index contributed by atoms with van der Waals surface area (Å²) in [5, 5.41) is 9.35. The summed E-state index contributed by atoms with van der Waals surface area (Å²) < 4.78 is 5.28. The number of phenols is 1. The molecule has 0 saturated carbocycles. The first-order chi connectivity index (χ1) is 8.54. The van der Waals surface area contributed by atoms with Crippen molar-refractivity contribution in [2.45, 2.75) is 19.6 Å². The van der Waals surface area contributed by atoms with E-state index in [1.54, 1.807) is 43.1 Å². The Hall–Kier alpha value is -1.81. The van der Waals surface area contributed by atoms with Crippen LogP contribution in [-0.2, 0) is 16.1 Å². The molecule has 1 aromatic rings. The number of hydrogen-bond acceptors (Lipinski definition) is 3. The van der Waals surface area contributed by atoms with E-state index in [4.69, 9.17) is 4.74 Å². The lowest BCUT2D eigenvalue weighted by atomic mass is 10.2. The molecule has 0 heterocycles. The molecule has 4 nitrogen and oxygen atoms in total. The quantitative estimate of drug-likeness (QED) is 0.784. The van der Waals surface area contributed by atoms with Crippen molar-refractivity contribution in [3.8, 4) is 5.75 Å². The van der Waals surface area contributed by atoms with Crippen molar-refractivity contribution in [3.63, 3.8) is 0 Å². The van der Waals surface area contributed by atoms with Crippen LogP contribution in [0.2, 0.25) is 0 Å². The summed E-state index contributed by atoms with van der Waals surface area (Å²) in [6, 6.07) is 6.85. The molecule has 4 heteroatoms. The maximum absolute atomic E-state index is 11.9. The number of carbonyl (C=O) groups is 1. The molecule has 1 aromatic carbocycles. The average Bonchev–Trinajstić information content (AvgIpc) is 2.35. The van der Waals surface area contributed by atoms with Gasteiger partial charge in [-0.1, -0.05) is 18.2 Å². The number of likely N-dealkylation sites (N-methyl/N-ethyl adjacent to an activating group) is 1. The third kappa shape index (κ3) is 4.22. The second kappa shape index (κ2) is 6.81. The largest absolute Gasteiger partial charge is 0.508 e. The fourth-order valence-electron chi connectivity index (χ4n) is 1.60. The van der Waals surface area contributed by atoms with Crippen molar-refractivity contribution in [1.29, 1.82) is 0 Å². The molecule has 0 radical (unpaired) electrons. The number of hydrogen-bond donors (Lipinski definition) is 1. The summed E-state index contributed by atoms with van der Waals surface area (Å²) in [6.45, 7) is 6.04. The standard InChI is InChI=1S/C14H19NO3/c1-4-8-18-11(2)14(17)15(3)10-12-6-5-7-13(16)9-12/h4-7,9,11,16H,1,8,10H2,2-3H3. The molecule has 0 aliphatic rings. The van der Waals surface area contributed by atoms with Gasteiger partial charge in [0.1, 0.15) is 11.9 Å². The van der Waals surface area contributed by atoms with E-state index >= 15 is 0 Å². The number of ether oxygens (including phenoxy) is 1. The molecule has 98 valence electrons. The summed E-state index contributed by atoms with van der Waals surface area (Å²) in [5.74, 6) is 0.101. The van der Waals surface area contributed by atoms with Gasteiger partial charge in [0.15, 0.2) is 0 Å². The molecule has 1 N–H and O–H groups in total. The van der Waals surface area contributed by atoms with E-state index in [1.807, 2.05) is 6.07 Å². The van der Waals surface area contributed by atoms with Gasteiger partial charge < -0.3 is 14.7 Å². The fraction of sp³-hybridized carbons (Fsp3) is 0.357. The lowest BCUT2D eigenvalue weighted by molar-refractivity contribution is -0.141. The van der Waals surface area contributed by atoms with Crippen LogP contribution in [-0.4, -0.2) is 35.7 Å². The van der Waals surface area contributed by atoms with Gasteiger partial charge in [-0.3, -0.25) is 4.79 Å². The molecular weight excluding hydrogens is 230 g/mol. The molecule has 0 saturated heterocycles. The number of aromatic hydroxyl groups is 1. The van der Waals surface area contributed by atoms with Crippen LogP contribution in [0.1, 0.15) is 12.5 Å². The van der Waals surface area contributed by atoms with Crippen molar-refractivity contribution in [2.75, 3.05) is 13.7 Å². The van der Waals surface area contributed by atoms with Gasteiger partial charge >= 0.3 is 0 Å². The number of nitrogens with zero attached hydrogens (tertiary/aromatic N) is 1. The van der Waals surface area contributed by atoms with Gasteiger partial charge in [0, 0.05) is 13.6 Å². The van der Waals surface area contributed by atoms with Gasteiger partial charge in [0.2, 0.25) is 0 Å². The summed E-state index contributed by atoms with van der Waals surface area (Å²) in [7, 11) is 1.71. The minimum absolute atomic E-state index is 0.0970. The van der Waals surface area contributed by atoms with Gasteiger partial charge in [-0.05, 0) is 24.6 Å². The first kappa shape index (κ1) is 14.3. The molecule has 1 amide bonds. The van der Waals surface area contributed by atoms with Crippen molar-refractivity contribution in [2.24, 2.45) is 0 Å². The summed E-state index contributed by atoms with van der Waals surface area (Å²) in [6.07, 6.45) is 1.12. The molecule has 0 fully saturated rings. The van der Waals surface area contributed by atoms with E-state index in [1.165, 1.54) is 0 Å². The number of benzene rings is 1. The summed E-state index contributed by atoms with van der Waals surface area (Å²) >= 11 is 0. The van der Waals surface area contributed by atoms with E-state index in [0.29, 0.717) is 13.2 Å². The molecule has 0 aliphatic carbocycles. The monoisotopic (exact) mass is 249 g/mol. The van der Waals surface area contributed by atoms with Gasteiger partial charge in [-0.2, -0.15) is 0 Å². The highest BCUT2D eigenvalue weighted by molar-refractivity contribution is 5.80. The van der Waals surface area contributed by atoms with Crippen molar-refractivity contribution >= 4 is 5.91 Å². The molecule has 1 rings (SSSR count). The third-order valence-electron chi connectivity index (χ3n) is 2.52. The first-order valence-electron chi connectivity index (χ1n) is 5.80. The van der Waals surface area contributed by atoms with Crippen molar-refractivity contribution < 1.29 is 14.6 Å². The van der Waals surface area contributed by atoms with Gasteiger partial charge in [-0.25, -0.2) is 0 Å². The normalized spacial score (nSPS) is 11.9. The topological polar surface area (TPSA) is 49.8 Å². The van der Waals surface area contributed by atoms with Crippen molar-refractivity contribution in [1.82, 2.24) is 4.90 Å².